The van der Waals surface area contributed by atoms with E-state index in [1.165, 1.54) is 0 Å². The highest BCUT2D eigenvalue weighted by atomic mass is 16.5. The fraction of sp³-hybridized carbons (Fsp3) is 0.571. The fourth-order valence-electron chi connectivity index (χ4n) is 7.11. The molecule has 1 aliphatic heterocycles. The zero-order chi connectivity index (χ0) is 41.0. The lowest BCUT2D eigenvalue weighted by molar-refractivity contribution is -0.149. The number of piperidine rings is 1. The number of unbranched alkanes of at least 4 members (excludes halogenated alkanes) is 1. The average Bonchev–Trinajstić information content (AvgIpc) is 3.18. The zero-order valence-corrected chi connectivity index (χ0v) is 33.3. The Kier molecular flexibility index (Phi) is 19.8. The maximum Gasteiger partial charge on any atom is 0.332 e. The molecule has 0 bridgehead atoms. The van der Waals surface area contributed by atoms with Crippen molar-refractivity contribution < 1.29 is 33.5 Å². The third-order valence-electron chi connectivity index (χ3n) is 10.2. The summed E-state index contributed by atoms with van der Waals surface area (Å²) in [4.78, 5) is 82.1. The molecule has 14 heteroatoms. The van der Waals surface area contributed by atoms with Crippen LogP contribution in [0.25, 0.3) is 0 Å². The van der Waals surface area contributed by atoms with E-state index in [0.29, 0.717) is 64.6 Å². The minimum absolute atomic E-state index is 0.0549. The van der Waals surface area contributed by atoms with Crippen LogP contribution in [0.4, 0.5) is 0 Å². The molecule has 0 spiro atoms. The number of nitrogens with one attached hydrogen (secondary N) is 3. The number of nitrogens with two attached hydrogens (primary N) is 3. The SMILES string of the molecule is CCOC(=O)C(NN)C(=O)CC1CCN(C(=O)[C@@H](CCCCN)NC(=O)[C@H](CC(=O)[C@@H](Cc2ccccc2)NC(=O)[C@H](N)Cc2ccccc2)CC(C)C)CC1. The Hall–Kier alpha value is -4.50. The molecule has 0 saturated carbocycles. The molecule has 0 aliphatic carbocycles. The Balaban J connectivity index is 1.72. The van der Waals surface area contributed by atoms with Crippen LogP contribution in [0.1, 0.15) is 83.3 Å². The lowest BCUT2D eigenvalue weighted by atomic mass is 9.87. The van der Waals surface area contributed by atoms with Gasteiger partial charge in [-0.1, -0.05) is 74.5 Å². The van der Waals surface area contributed by atoms with E-state index in [4.69, 9.17) is 22.0 Å². The smallest absolute Gasteiger partial charge is 0.332 e. The van der Waals surface area contributed by atoms with E-state index >= 15 is 0 Å². The van der Waals surface area contributed by atoms with Crippen molar-refractivity contribution in [2.75, 3.05) is 26.2 Å². The Labute approximate surface area is 331 Å². The lowest BCUT2D eigenvalue weighted by Crippen LogP contribution is -2.53. The van der Waals surface area contributed by atoms with Crippen LogP contribution < -0.4 is 33.4 Å². The van der Waals surface area contributed by atoms with Gasteiger partial charge in [-0.3, -0.25) is 29.8 Å². The molecule has 1 saturated heterocycles. The molecule has 9 N–H and O–H groups in total. The molecule has 2 aromatic rings. The predicted molar refractivity (Wildman–Crippen MR) is 214 cm³/mol. The Bertz CT molecular complexity index is 1550. The first-order valence-corrected chi connectivity index (χ1v) is 20.0. The highest BCUT2D eigenvalue weighted by molar-refractivity contribution is 6.03. The number of rotatable bonds is 24. The normalized spacial score (nSPS) is 15.9. The molecule has 2 aromatic carbocycles. The molecule has 3 amide bonds. The van der Waals surface area contributed by atoms with Crippen molar-refractivity contribution in [3.63, 3.8) is 0 Å². The highest BCUT2D eigenvalue weighted by Gasteiger charge is 2.35. The van der Waals surface area contributed by atoms with Crippen molar-refractivity contribution in [3.8, 4) is 0 Å². The second-order valence-corrected chi connectivity index (χ2v) is 15.2. The number of ether oxygens (including phenoxy) is 1. The molecule has 0 aromatic heterocycles. The summed E-state index contributed by atoms with van der Waals surface area (Å²) in [6.07, 6.45) is 3.63. The first kappa shape index (κ1) is 45.9. The summed E-state index contributed by atoms with van der Waals surface area (Å²) >= 11 is 0. The fourth-order valence-corrected chi connectivity index (χ4v) is 7.11. The summed E-state index contributed by atoms with van der Waals surface area (Å²) in [5, 5.41) is 5.87. The summed E-state index contributed by atoms with van der Waals surface area (Å²) in [5.74, 6) is 2.24. The van der Waals surface area contributed by atoms with E-state index in [1.54, 1.807) is 11.8 Å². The Morgan fingerprint density at radius 1 is 0.821 bits per heavy atom. The highest BCUT2D eigenvalue weighted by Crippen LogP contribution is 2.24. The van der Waals surface area contributed by atoms with Crippen LogP contribution in [0.5, 0.6) is 0 Å². The summed E-state index contributed by atoms with van der Waals surface area (Å²) < 4.78 is 4.95. The van der Waals surface area contributed by atoms with Gasteiger partial charge in [-0.25, -0.2) is 10.2 Å². The minimum Gasteiger partial charge on any atom is -0.464 e. The van der Waals surface area contributed by atoms with Crippen LogP contribution in [0, 0.1) is 17.8 Å². The molecular formula is C42H63N7O7. The van der Waals surface area contributed by atoms with Crippen LogP contribution in [-0.4, -0.2) is 90.6 Å². The Morgan fingerprint density at radius 3 is 1.96 bits per heavy atom. The van der Waals surface area contributed by atoms with Gasteiger partial charge in [-0.15, -0.1) is 0 Å². The quantitative estimate of drug-likeness (QED) is 0.0297. The van der Waals surface area contributed by atoms with Gasteiger partial charge in [0.2, 0.25) is 17.7 Å². The van der Waals surface area contributed by atoms with Gasteiger partial charge in [0, 0.05) is 31.8 Å². The summed E-state index contributed by atoms with van der Waals surface area (Å²) in [6, 6.07) is 14.9. The number of ketones is 2. The molecule has 1 aliphatic rings. The van der Waals surface area contributed by atoms with Gasteiger partial charge in [0.1, 0.15) is 6.04 Å². The summed E-state index contributed by atoms with van der Waals surface area (Å²) in [6.45, 7) is 6.89. The first-order valence-electron chi connectivity index (χ1n) is 20.0. The number of nitrogens with zero attached hydrogens (tertiary/aromatic N) is 1. The number of amides is 3. The van der Waals surface area contributed by atoms with Gasteiger partial charge < -0.3 is 31.7 Å². The summed E-state index contributed by atoms with van der Waals surface area (Å²) in [7, 11) is 0. The number of carbonyl (C=O) groups is 6. The number of hydrogen-bond donors (Lipinski definition) is 6. The topological polar surface area (TPSA) is 229 Å². The van der Waals surface area contributed by atoms with Crippen LogP contribution in [0.15, 0.2) is 60.7 Å². The van der Waals surface area contributed by atoms with Gasteiger partial charge >= 0.3 is 5.97 Å². The first-order chi connectivity index (χ1) is 26.9. The summed E-state index contributed by atoms with van der Waals surface area (Å²) in [5.41, 5.74) is 16.1. The zero-order valence-electron chi connectivity index (χ0n) is 33.3. The molecule has 1 heterocycles. The number of likely N-dealkylation sites (tertiary alicyclic amines) is 1. The number of Topliss-reactive ketones (excluding diaryl/α,β-unsaturated/α-hetero) is 2. The molecule has 0 radical (unpaired) electrons. The van der Waals surface area contributed by atoms with Gasteiger partial charge in [0.15, 0.2) is 17.6 Å². The van der Waals surface area contributed by atoms with Crippen molar-refractivity contribution in [3.05, 3.63) is 71.8 Å². The van der Waals surface area contributed by atoms with Crippen LogP contribution >= 0.6 is 0 Å². The van der Waals surface area contributed by atoms with Crippen molar-refractivity contribution >= 4 is 35.3 Å². The molecule has 308 valence electrons. The number of benzene rings is 2. The van der Waals surface area contributed by atoms with E-state index in [0.717, 1.165) is 11.1 Å². The molecule has 1 unspecified atom stereocenters. The van der Waals surface area contributed by atoms with E-state index in [2.05, 4.69) is 16.1 Å². The van der Waals surface area contributed by atoms with Crippen LogP contribution in [-0.2, 0) is 46.3 Å². The van der Waals surface area contributed by atoms with E-state index in [9.17, 15) is 28.8 Å². The lowest BCUT2D eigenvalue weighted by Gasteiger charge is -2.35. The Morgan fingerprint density at radius 2 is 1.41 bits per heavy atom. The molecule has 1 fully saturated rings. The second-order valence-electron chi connectivity index (χ2n) is 15.2. The number of hydrogen-bond acceptors (Lipinski definition) is 11. The maximum absolute atomic E-state index is 14.1. The molecular weight excluding hydrogens is 715 g/mol. The van der Waals surface area contributed by atoms with Crippen molar-refractivity contribution in [2.24, 2.45) is 35.1 Å². The maximum atomic E-state index is 14.1. The van der Waals surface area contributed by atoms with E-state index < -0.39 is 47.9 Å². The standard InChI is InChI=1S/C42H63N7O7/c1-4-56-42(55)38(48-45)37(51)26-31-18-21-49(22-19-31)41(54)34(17-11-12-20-43)46-39(52)32(23-28(2)3)27-36(50)35(25-30-15-9-6-10-16-30)47-40(53)33(44)24-29-13-7-5-8-14-29/h5-10,13-16,28,31-35,38,48H,4,11-12,17-27,43-45H2,1-3H3,(H,46,52)(H,47,53)/t32-,33+,34+,35+,38?/m0/s1. The average molecular weight is 778 g/mol. The third kappa shape index (κ3) is 15.2. The monoisotopic (exact) mass is 777 g/mol. The van der Waals surface area contributed by atoms with E-state index in [1.807, 2.05) is 74.5 Å². The molecule has 56 heavy (non-hydrogen) atoms. The van der Waals surface area contributed by atoms with Crippen LogP contribution in [0.3, 0.4) is 0 Å². The number of esters is 1. The minimum atomic E-state index is -1.25. The molecule has 3 rings (SSSR count). The van der Waals surface area contributed by atoms with Gasteiger partial charge in [-0.2, -0.15) is 0 Å². The van der Waals surface area contributed by atoms with E-state index in [-0.39, 0.29) is 55.2 Å². The van der Waals surface area contributed by atoms with Crippen LogP contribution in [0.2, 0.25) is 0 Å². The van der Waals surface area contributed by atoms with Crippen molar-refractivity contribution in [1.82, 2.24) is 21.0 Å². The number of hydrazine groups is 1. The largest absolute Gasteiger partial charge is 0.464 e. The molecule has 5 atom stereocenters. The number of carbonyl (C=O) groups excluding carboxylic acids is 6. The van der Waals surface area contributed by atoms with Crippen molar-refractivity contribution in [1.29, 1.82) is 0 Å². The third-order valence-corrected chi connectivity index (χ3v) is 10.2. The van der Waals surface area contributed by atoms with Gasteiger partial charge in [0.05, 0.1) is 18.7 Å². The second kappa shape index (κ2) is 24.2. The van der Waals surface area contributed by atoms with Gasteiger partial charge in [-0.05, 0) is 87.8 Å². The van der Waals surface area contributed by atoms with Gasteiger partial charge in [0.25, 0.3) is 0 Å². The van der Waals surface area contributed by atoms with Crippen molar-refractivity contribution in [2.45, 2.75) is 109 Å². The predicted octanol–water partition coefficient (Wildman–Crippen LogP) is 2.11. The molecule has 14 nitrogen and oxygen atoms in total.